The molecule has 1 saturated carbocycles. The Morgan fingerprint density at radius 2 is 1.95 bits per heavy atom. The van der Waals surface area contributed by atoms with E-state index in [1.807, 2.05) is 12.1 Å². The van der Waals surface area contributed by atoms with Gasteiger partial charge in [-0.3, -0.25) is 0 Å². The zero-order valence-corrected chi connectivity index (χ0v) is 12.8. The smallest absolute Gasteiger partial charge is 0.240 e. The lowest BCUT2D eigenvalue weighted by molar-refractivity contribution is 0.512. The SMILES string of the molecule is CCCc1ccc(S(=O)(=O)NCC2CCC(N)C2)cc1. The van der Waals surface area contributed by atoms with Gasteiger partial charge in [-0.1, -0.05) is 25.5 Å². The Morgan fingerprint density at radius 1 is 1.25 bits per heavy atom. The number of sulfonamides is 1. The molecule has 0 bridgehead atoms. The van der Waals surface area contributed by atoms with E-state index in [1.54, 1.807) is 12.1 Å². The summed E-state index contributed by atoms with van der Waals surface area (Å²) >= 11 is 0. The minimum atomic E-state index is -3.39. The number of nitrogens with one attached hydrogen (secondary N) is 1. The second kappa shape index (κ2) is 6.70. The highest BCUT2D eigenvalue weighted by atomic mass is 32.2. The molecule has 0 spiro atoms. The summed E-state index contributed by atoms with van der Waals surface area (Å²) in [5, 5.41) is 0. The summed E-state index contributed by atoms with van der Waals surface area (Å²) in [6.07, 6.45) is 4.97. The van der Waals surface area contributed by atoms with Gasteiger partial charge in [0.2, 0.25) is 10.0 Å². The van der Waals surface area contributed by atoms with Crippen molar-refractivity contribution >= 4 is 10.0 Å². The third kappa shape index (κ3) is 4.04. The maximum atomic E-state index is 12.2. The van der Waals surface area contributed by atoms with Crippen molar-refractivity contribution in [3.05, 3.63) is 29.8 Å². The molecule has 1 aromatic rings. The average Bonchev–Trinajstić information content (AvgIpc) is 2.84. The molecule has 1 aliphatic carbocycles. The van der Waals surface area contributed by atoms with E-state index >= 15 is 0 Å². The van der Waals surface area contributed by atoms with Gasteiger partial charge in [-0.25, -0.2) is 13.1 Å². The summed E-state index contributed by atoms with van der Waals surface area (Å²) in [6, 6.07) is 7.40. The first-order valence-corrected chi connectivity index (χ1v) is 8.83. The fourth-order valence-corrected chi connectivity index (χ4v) is 3.85. The van der Waals surface area contributed by atoms with Crippen LogP contribution < -0.4 is 10.5 Å². The molecule has 2 atom stereocenters. The van der Waals surface area contributed by atoms with Gasteiger partial charge in [-0.2, -0.15) is 0 Å². The van der Waals surface area contributed by atoms with Gasteiger partial charge in [-0.15, -0.1) is 0 Å². The van der Waals surface area contributed by atoms with Crippen LogP contribution in [0.15, 0.2) is 29.2 Å². The number of nitrogens with two attached hydrogens (primary N) is 1. The van der Waals surface area contributed by atoms with E-state index in [2.05, 4.69) is 11.6 Å². The molecule has 0 amide bonds. The molecule has 0 aliphatic heterocycles. The molecular formula is C15H24N2O2S. The Bertz CT molecular complexity index is 525. The summed E-state index contributed by atoms with van der Waals surface area (Å²) in [6.45, 7) is 2.60. The quantitative estimate of drug-likeness (QED) is 0.844. The van der Waals surface area contributed by atoms with Crippen LogP contribution in [-0.4, -0.2) is 21.0 Å². The Labute approximate surface area is 121 Å². The van der Waals surface area contributed by atoms with Crippen molar-refractivity contribution in [2.75, 3.05) is 6.54 Å². The van der Waals surface area contributed by atoms with Gasteiger partial charge >= 0.3 is 0 Å². The predicted molar refractivity (Wildman–Crippen MR) is 80.9 cm³/mol. The van der Waals surface area contributed by atoms with E-state index in [9.17, 15) is 8.42 Å². The maximum Gasteiger partial charge on any atom is 0.240 e. The molecule has 0 heterocycles. The number of benzene rings is 1. The molecule has 3 N–H and O–H groups in total. The van der Waals surface area contributed by atoms with Gasteiger partial charge in [0.15, 0.2) is 0 Å². The second-order valence-corrected chi connectivity index (χ2v) is 7.45. The predicted octanol–water partition coefficient (Wildman–Crippen LogP) is 2.04. The lowest BCUT2D eigenvalue weighted by Gasteiger charge is -2.12. The van der Waals surface area contributed by atoms with Crippen molar-refractivity contribution < 1.29 is 8.42 Å². The molecule has 2 unspecified atom stereocenters. The van der Waals surface area contributed by atoms with Crippen LogP contribution in [0.3, 0.4) is 0 Å². The lowest BCUT2D eigenvalue weighted by atomic mass is 10.1. The normalized spacial score (nSPS) is 23.1. The lowest BCUT2D eigenvalue weighted by Crippen LogP contribution is -2.29. The standard InChI is InChI=1S/C15H24N2O2S/c1-2-3-12-5-8-15(9-6-12)20(18,19)17-11-13-4-7-14(16)10-13/h5-6,8-9,13-14,17H,2-4,7,10-11,16H2,1H3. The van der Waals surface area contributed by atoms with E-state index in [-0.39, 0.29) is 6.04 Å². The van der Waals surface area contributed by atoms with Gasteiger partial charge in [0.25, 0.3) is 0 Å². The summed E-state index contributed by atoms with van der Waals surface area (Å²) < 4.78 is 27.1. The summed E-state index contributed by atoms with van der Waals surface area (Å²) in [4.78, 5) is 0.347. The van der Waals surface area contributed by atoms with Crippen molar-refractivity contribution in [2.24, 2.45) is 11.7 Å². The largest absolute Gasteiger partial charge is 0.328 e. The van der Waals surface area contributed by atoms with Gasteiger partial charge in [0.1, 0.15) is 0 Å². The Morgan fingerprint density at radius 3 is 2.50 bits per heavy atom. The highest BCUT2D eigenvalue weighted by molar-refractivity contribution is 7.89. The maximum absolute atomic E-state index is 12.2. The molecule has 1 fully saturated rings. The molecule has 1 aliphatic rings. The van der Waals surface area contributed by atoms with Crippen LogP contribution in [0.2, 0.25) is 0 Å². The van der Waals surface area contributed by atoms with E-state index in [0.29, 0.717) is 17.4 Å². The minimum Gasteiger partial charge on any atom is -0.328 e. The average molecular weight is 296 g/mol. The Balaban J connectivity index is 1.95. The van der Waals surface area contributed by atoms with Crippen molar-refractivity contribution in [1.82, 2.24) is 4.72 Å². The third-order valence-electron chi connectivity index (χ3n) is 3.92. The monoisotopic (exact) mass is 296 g/mol. The van der Waals surface area contributed by atoms with Crippen LogP contribution in [0.5, 0.6) is 0 Å². The summed E-state index contributed by atoms with van der Waals surface area (Å²) in [5.41, 5.74) is 7.02. The first-order valence-electron chi connectivity index (χ1n) is 7.35. The molecule has 2 rings (SSSR count). The molecular weight excluding hydrogens is 272 g/mol. The Hall–Kier alpha value is -0.910. The number of rotatable bonds is 6. The molecule has 112 valence electrons. The van der Waals surface area contributed by atoms with Gasteiger partial charge < -0.3 is 5.73 Å². The van der Waals surface area contributed by atoms with Gasteiger partial charge in [0.05, 0.1) is 4.90 Å². The molecule has 0 aromatic heterocycles. The van der Waals surface area contributed by atoms with E-state index in [1.165, 1.54) is 5.56 Å². The highest BCUT2D eigenvalue weighted by Crippen LogP contribution is 2.23. The minimum absolute atomic E-state index is 0.234. The van der Waals surface area contributed by atoms with E-state index in [0.717, 1.165) is 32.1 Å². The number of hydrogen-bond donors (Lipinski definition) is 2. The second-order valence-electron chi connectivity index (χ2n) is 5.69. The van der Waals surface area contributed by atoms with E-state index in [4.69, 9.17) is 5.73 Å². The fraction of sp³-hybridized carbons (Fsp3) is 0.600. The van der Waals surface area contributed by atoms with Crippen LogP contribution in [0, 0.1) is 5.92 Å². The summed E-state index contributed by atoms with van der Waals surface area (Å²) in [7, 11) is -3.39. The molecule has 1 aromatic carbocycles. The van der Waals surface area contributed by atoms with Crippen LogP contribution >= 0.6 is 0 Å². The first-order chi connectivity index (χ1) is 9.51. The summed E-state index contributed by atoms with van der Waals surface area (Å²) in [5.74, 6) is 0.374. The van der Waals surface area contributed by atoms with Crippen molar-refractivity contribution in [1.29, 1.82) is 0 Å². The molecule has 20 heavy (non-hydrogen) atoms. The van der Waals surface area contributed by atoms with Crippen LogP contribution in [-0.2, 0) is 16.4 Å². The third-order valence-corrected chi connectivity index (χ3v) is 5.36. The molecule has 4 nitrogen and oxygen atoms in total. The van der Waals surface area contributed by atoms with Crippen LogP contribution in [0.4, 0.5) is 0 Å². The molecule has 0 radical (unpaired) electrons. The van der Waals surface area contributed by atoms with Crippen LogP contribution in [0.25, 0.3) is 0 Å². The number of hydrogen-bond acceptors (Lipinski definition) is 3. The zero-order chi connectivity index (χ0) is 14.6. The Kier molecular flexibility index (Phi) is 5.18. The van der Waals surface area contributed by atoms with Crippen molar-refractivity contribution in [3.63, 3.8) is 0 Å². The molecule has 0 saturated heterocycles. The van der Waals surface area contributed by atoms with E-state index < -0.39 is 10.0 Å². The van der Waals surface area contributed by atoms with Gasteiger partial charge in [0, 0.05) is 12.6 Å². The number of aryl methyl sites for hydroxylation is 1. The van der Waals surface area contributed by atoms with Gasteiger partial charge in [-0.05, 0) is 49.3 Å². The van der Waals surface area contributed by atoms with Crippen LogP contribution in [0.1, 0.15) is 38.2 Å². The highest BCUT2D eigenvalue weighted by Gasteiger charge is 2.23. The van der Waals surface area contributed by atoms with Crippen molar-refractivity contribution in [3.8, 4) is 0 Å². The molecule has 5 heteroatoms. The first kappa shape index (κ1) is 15.5. The van der Waals surface area contributed by atoms with Crippen molar-refractivity contribution in [2.45, 2.75) is 50.0 Å². The zero-order valence-electron chi connectivity index (χ0n) is 12.0. The topological polar surface area (TPSA) is 72.2 Å². The fourth-order valence-electron chi connectivity index (χ4n) is 2.73.